The SMILES string of the molecule is c1cc(-c2nc(-c3ccc4c(c3)oc3ccccc34)c3sc4ccccc4c3n2)cc(-n2c3ccccc3c3c4cccc5c4n(c32)-c2ccccc2S5)c1. The zero-order chi connectivity index (χ0) is 35.8. The minimum absolute atomic E-state index is 0.691. The predicted octanol–water partition coefficient (Wildman–Crippen LogP) is 13.6. The van der Waals surface area contributed by atoms with Gasteiger partial charge in [0.25, 0.3) is 0 Å². The van der Waals surface area contributed by atoms with Gasteiger partial charge in [0.15, 0.2) is 5.82 Å². The standard InChI is InChI=1S/C48H26N4OS2/c1-4-17-35-32(14-1)42-34-16-10-22-41-45(34)52(36-18-5-8-21-40(36)54-41)48(42)51(35)29-12-9-11-28(25-29)47-49-43(46-44(50-47)33-15-3-7-20-39(33)55-46)27-23-24-31-30-13-2-6-19-37(30)53-38(31)26-27/h1-26H. The van der Waals surface area contributed by atoms with Gasteiger partial charge in [0.2, 0.25) is 0 Å². The maximum absolute atomic E-state index is 6.36. The molecule has 6 heterocycles. The van der Waals surface area contributed by atoms with E-state index in [1.54, 1.807) is 11.3 Å². The van der Waals surface area contributed by atoms with Crippen molar-refractivity contribution in [1.82, 2.24) is 19.1 Å². The largest absolute Gasteiger partial charge is 0.456 e. The van der Waals surface area contributed by atoms with Gasteiger partial charge in [-0.2, -0.15) is 0 Å². The Morgan fingerprint density at radius 1 is 0.527 bits per heavy atom. The molecule has 5 aromatic heterocycles. The van der Waals surface area contributed by atoms with Crippen molar-refractivity contribution in [3.8, 4) is 34.0 Å². The van der Waals surface area contributed by atoms with Gasteiger partial charge in [0.05, 0.1) is 32.6 Å². The van der Waals surface area contributed by atoms with Crippen molar-refractivity contribution in [1.29, 1.82) is 0 Å². The van der Waals surface area contributed by atoms with Crippen LogP contribution in [0.1, 0.15) is 0 Å². The summed E-state index contributed by atoms with van der Waals surface area (Å²) in [5, 5.41) is 7.12. The van der Waals surface area contributed by atoms with E-state index in [0.717, 1.165) is 71.2 Å². The molecular weight excluding hydrogens is 713 g/mol. The van der Waals surface area contributed by atoms with Crippen molar-refractivity contribution in [2.45, 2.75) is 9.79 Å². The third-order valence-corrected chi connectivity index (χ3v) is 13.4. The van der Waals surface area contributed by atoms with Crippen LogP contribution in [0.2, 0.25) is 0 Å². The molecule has 13 rings (SSSR count). The highest BCUT2D eigenvalue weighted by Crippen LogP contribution is 2.49. The van der Waals surface area contributed by atoms with E-state index in [1.807, 2.05) is 23.9 Å². The second kappa shape index (κ2) is 10.9. The molecule has 0 amide bonds. The Hall–Kier alpha value is -6.67. The number of para-hydroxylation sites is 4. The first-order valence-corrected chi connectivity index (χ1v) is 20.0. The van der Waals surface area contributed by atoms with Crippen molar-refractivity contribution < 1.29 is 4.42 Å². The molecule has 12 aromatic rings. The summed E-state index contributed by atoms with van der Waals surface area (Å²) >= 11 is 3.60. The summed E-state index contributed by atoms with van der Waals surface area (Å²) in [6, 6.07) is 56.2. The van der Waals surface area contributed by atoms with E-state index in [2.05, 4.69) is 155 Å². The zero-order valence-electron chi connectivity index (χ0n) is 29.0. The minimum atomic E-state index is 0.691. The minimum Gasteiger partial charge on any atom is -0.456 e. The Morgan fingerprint density at radius 2 is 1.29 bits per heavy atom. The number of hydrogen-bond acceptors (Lipinski definition) is 5. The highest BCUT2D eigenvalue weighted by molar-refractivity contribution is 7.99. The van der Waals surface area contributed by atoms with Crippen molar-refractivity contribution in [2.75, 3.05) is 0 Å². The van der Waals surface area contributed by atoms with Gasteiger partial charge in [-0.25, -0.2) is 9.97 Å². The summed E-state index contributed by atoms with van der Waals surface area (Å²) in [4.78, 5) is 13.3. The molecule has 0 atom stereocenters. The predicted molar refractivity (Wildman–Crippen MR) is 228 cm³/mol. The van der Waals surface area contributed by atoms with Gasteiger partial charge < -0.3 is 4.42 Å². The molecule has 0 bridgehead atoms. The quantitative estimate of drug-likeness (QED) is 0.181. The molecule has 1 aliphatic heterocycles. The van der Waals surface area contributed by atoms with Crippen LogP contribution in [-0.2, 0) is 0 Å². The summed E-state index contributed by atoms with van der Waals surface area (Å²) in [5.74, 6) is 0.691. The maximum Gasteiger partial charge on any atom is 0.160 e. The third-order valence-electron chi connectivity index (χ3n) is 11.1. The molecule has 0 spiro atoms. The number of rotatable bonds is 3. The first-order chi connectivity index (χ1) is 27.3. The van der Waals surface area contributed by atoms with Crippen LogP contribution in [0.4, 0.5) is 0 Å². The second-order valence-electron chi connectivity index (χ2n) is 14.1. The highest BCUT2D eigenvalue weighted by atomic mass is 32.2. The van der Waals surface area contributed by atoms with Crippen LogP contribution in [0, 0.1) is 0 Å². The lowest BCUT2D eigenvalue weighted by Gasteiger charge is -2.21. The lowest BCUT2D eigenvalue weighted by Crippen LogP contribution is -2.05. The van der Waals surface area contributed by atoms with Crippen molar-refractivity contribution >= 4 is 98.2 Å². The topological polar surface area (TPSA) is 48.8 Å². The summed E-state index contributed by atoms with van der Waals surface area (Å²) in [5.41, 5.74) is 11.4. The van der Waals surface area contributed by atoms with Crippen molar-refractivity contribution in [2.24, 2.45) is 0 Å². The molecule has 0 aliphatic carbocycles. The molecule has 7 heteroatoms. The monoisotopic (exact) mass is 738 g/mol. The van der Waals surface area contributed by atoms with Gasteiger partial charge in [-0.05, 0) is 60.7 Å². The lowest BCUT2D eigenvalue weighted by atomic mass is 10.1. The molecule has 0 N–H and O–H groups in total. The molecule has 0 unspecified atom stereocenters. The van der Waals surface area contributed by atoms with Gasteiger partial charge in [-0.3, -0.25) is 9.13 Å². The number of hydrogen-bond donors (Lipinski definition) is 0. The number of nitrogens with zero attached hydrogens (tertiary/aromatic N) is 4. The Morgan fingerprint density at radius 3 is 2.25 bits per heavy atom. The highest BCUT2D eigenvalue weighted by Gasteiger charge is 2.28. The molecule has 55 heavy (non-hydrogen) atoms. The molecule has 5 nitrogen and oxygen atoms in total. The third kappa shape index (κ3) is 4.08. The van der Waals surface area contributed by atoms with E-state index in [0.29, 0.717) is 5.82 Å². The molecular formula is C48H26N4OS2. The van der Waals surface area contributed by atoms with E-state index < -0.39 is 0 Å². The number of benzene rings is 7. The van der Waals surface area contributed by atoms with E-state index in [-0.39, 0.29) is 0 Å². The first kappa shape index (κ1) is 29.7. The molecule has 1 aliphatic rings. The zero-order valence-corrected chi connectivity index (χ0v) is 30.7. The van der Waals surface area contributed by atoms with Crippen LogP contribution in [0.5, 0.6) is 0 Å². The van der Waals surface area contributed by atoms with E-state index >= 15 is 0 Å². The van der Waals surface area contributed by atoms with Gasteiger partial charge >= 0.3 is 0 Å². The smallest absolute Gasteiger partial charge is 0.160 e. The molecule has 0 fully saturated rings. The summed E-state index contributed by atoms with van der Waals surface area (Å²) in [6.45, 7) is 0. The van der Waals surface area contributed by atoms with Crippen LogP contribution in [0.25, 0.3) is 109 Å². The molecule has 0 saturated heterocycles. The van der Waals surface area contributed by atoms with Gasteiger partial charge in [-0.15, -0.1) is 11.3 Å². The Kier molecular flexibility index (Phi) is 5.92. The van der Waals surface area contributed by atoms with Crippen LogP contribution >= 0.6 is 23.1 Å². The number of thiophene rings is 1. The Balaban J connectivity index is 1.07. The molecule has 0 radical (unpaired) electrons. The van der Waals surface area contributed by atoms with Gasteiger partial charge in [0, 0.05) is 63.6 Å². The van der Waals surface area contributed by atoms with Gasteiger partial charge in [0.1, 0.15) is 16.8 Å². The van der Waals surface area contributed by atoms with E-state index in [1.165, 1.54) is 41.9 Å². The van der Waals surface area contributed by atoms with Crippen LogP contribution in [-0.4, -0.2) is 19.1 Å². The molecule has 0 saturated carbocycles. The fourth-order valence-electron chi connectivity index (χ4n) is 8.76. The fraction of sp³-hybridized carbons (Fsp3) is 0. The average Bonchev–Trinajstić information content (AvgIpc) is 3.99. The Labute approximate surface area is 321 Å². The van der Waals surface area contributed by atoms with Crippen LogP contribution in [0.15, 0.2) is 172 Å². The number of furan rings is 1. The summed E-state index contributed by atoms with van der Waals surface area (Å²) in [6.07, 6.45) is 0. The maximum atomic E-state index is 6.36. The average molecular weight is 739 g/mol. The summed E-state index contributed by atoms with van der Waals surface area (Å²) < 4.78 is 13.5. The fourth-order valence-corrected chi connectivity index (χ4v) is 11.0. The van der Waals surface area contributed by atoms with E-state index in [4.69, 9.17) is 14.4 Å². The van der Waals surface area contributed by atoms with E-state index in [9.17, 15) is 0 Å². The molecule has 256 valence electrons. The number of fused-ring (bicyclic) bond motifs is 13. The van der Waals surface area contributed by atoms with Crippen LogP contribution < -0.4 is 0 Å². The molecule has 7 aromatic carbocycles. The first-order valence-electron chi connectivity index (χ1n) is 18.3. The normalized spacial score (nSPS) is 12.7. The van der Waals surface area contributed by atoms with Crippen molar-refractivity contribution in [3.63, 3.8) is 0 Å². The second-order valence-corrected chi connectivity index (χ2v) is 16.3. The number of aromatic nitrogens is 4. The van der Waals surface area contributed by atoms with Crippen molar-refractivity contribution in [3.05, 3.63) is 158 Å². The lowest BCUT2D eigenvalue weighted by molar-refractivity contribution is 0.669. The summed E-state index contributed by atoms with van der Waals surface area (Å²) in [7, 11) is 0. The van der Waals surface area contributed by atoms with Gasteiger partial charge in [-0.1, -0.05) is 109 Å². The van der Waals surface area contributed by atoms with Crippen LogP contribution in [0.3, 0.4) is 0 Å². The Bertz CT molecular complexity index is 3600.